The standard InChI is InChI=1S/C25H23F3N4O3/c26-25(27,28)20-7-1-17(2-8-20)15-32-13-14-34-21-9-12-29-23(22(21)32)30-24(10-11-24)19-5-3-18(4-6-19)16-35-31-33/h1-9,12H,10-11,13-16H2,(H,29,30). The van der Waals surface area contributed by atoms with Crippen molar-refractivity contribution in [3.8, 4) is 5.75 Å². The predicted molar refractivity (Wildman–Crippen MR) is 124 cm³/mol. The predicted octanol–water partition coefficient (Wildman–Crippen LogP) is 5.80. The van der Waals surface area contributed by atoms with Gasteiger partial charge in [-0.05, 0) is 41.7 Å². The van der Waals surface area contributed by atoms with Gasteiger partial charge in [-0.25, -0.2) is 4.98 Å². The SMILES string of the molecule is O=NOCc1ccc(C2(Nc3nccc4c3N(Cc3ccc(C(F)(F)F)cc3)CCO4)CC2)cc1. The Balaban J connectivity index is 1.38. The normalized spacial score (nSPS) is 16.1. The summed E-state index contributed by atoms with van der Waals surface area (Å²) in [5.74, 6) is 1.36. The summed E-state index contributed by atoms with van der Waals surface area (Å²) >= 11 is 0. The number of hydrogen-bond donors (Lipinski definition) is 1. The van der Waals surface area contributed by atoms with Crippen molar-refractivity contribution in [2.24, 2.45) is 5.34 Å². The third kappa shape index (κ3) is 4.87. The Morgan fingerprint density at radius 2 is 1.77 bits per heavy atom. The number of pyridine rings is 1. The van der Waals surface area contributed by atoms with Crippen LogP contribution >= 0.6 is 0 Å². The van der Waals surface area contributed by atoms with Crippen LogP contribution in [0.15, 0.2) is 66.1 Å². The molecule has 0 atom stereocenters. The number of fused-ring (bicyclic) bond motifs is 1. The van der Waals surface area contributed by atoms with Crippen LogP contribution in [0, 0.1) is 4.91 Å². The molecule has 2 aliphatic rings. The van der Waals surface area contributed by atoms with Gasteiger partial charge in [-0.1, -0.05) is 36.4 Å². The second kappa shape index (κ2) is 9.09. The smallest absolute Gasteiger partial charge is 0.416 e. The van der Waals surface area contributed by atoms with Crippen LogP contribution in [0.5, 0.6) is 5.75 Å². The van der Waals surface area contributed by atoms with Gasteiger partial charge in [-0.15, -0.1) is 4.91 Å². The van der Waals surface area contributed by atoms with Crippen LogP contribution in [0.1, 0.15) is 35.1 Å². The molecule has 1 N–H and O–H groups in total. The Labute approximate surface area is 199 Å². The number of rotatable bonds is 8. The fraction of sp³-hybridized carbons (Fsp3) is 0.320. The molecule has 0 spiro atoms. The summed E-state index contributed by atoms with van der Waals surface area (Å²) in [4.78, 5) is 21.4. The minimum Gasteiger partial charge on any atom is -0.489 e. The first-order valence-electron chi connectivity index (χ1n) is 11.2. The first-order valence-corrected chi connectivity index (χ1v) is 11.2. The van der Waals surface area contributed by atoms with Gasteiger partial charge in [0, 0.05) is 18.8 Å². The van der Waals surface area contributed by atoms with Crippen molar-refractivity contribution in [1.29, 1.82) is 0 Å². The monoisotopic (exact) mass is 484 g/mol. The average Bonchev–Trinajstić information content (AvgIpc) is 3.63. The molecule has 1 saturated carbocycles. The molecule has 7 nitrogen and oxygen atoms in total. The van der Waals surface area contributed by atoms with Gasteiger partial charge in [0.15, 0.2) is 11.2 Å². The molecule has 1 aliphatic carbocycles. The van der Waals surface area contributed by atoms with Gasteiger partial charge < -0.3 is 19.8 Å². The van der Waals surface area contributed by atoms with Crippen molar-refractivity contribution in [1.82, 2.24) is 4.98 Å². The van der Waals surface area contributed by atoms with E-state index in [9.17, 15) is 18.1 Å². The van der Waals surface area contributed by atoms with E-state index in [0.29, 0.717) is 31.3 Å². The largest absolute Gasteiger partial charge is 0.489 e. The maximum absolute atomic E-state index is 12.9. The zero-order chi connectivity index (χ0) is 24.5. The molecule has 10 heteroatoms. The molecule has 3 aromatic rings. The first kappa shape index (κ1) is 22.9. The molecule has 1 fully saturated rings. The van der Waals surface area contributed by atoms with E-state index < -0.39 is 11.7 Å². The third-order valence-electron chi connectivity index (χ3n) is 6.38. The van der Waals surface area contributed by atoms with Crippen LogP contribution in [0.3, 0.4) is 0 Å². The Hall–Kier alpha value is -3.82. The lowest BCUT2D eigenvalue weighted by molar-refractivity contribution is -0.137. The number of nitrogens with zero attached hydrogens (tertiary/aromatic N) is 3. The third-order valence-corrected chi connectivity index (χ3v) is 6.38. The van der Waals surface area contributed by atoms with E-state index in [1.807, 2.05) is 24.3 Å². The molecule has 2 aromatic carbocycles. The first-order chi connectivity index (χ1) is 16.9. The summed E-state index contributed by atoms with van der Waals surface area (Å²) in [6, 6.07) is 14.8. The highest BCUT2D eigenvalue weighted by Crippen LogP contribution is 2.50. The quantitative estimate of drug-likeness (QED) is 0.322. The van der Waals surface area contributed by atoms with Gasteiger partial charge in [0.05, 0.1) is 17.6 Å². The van der Waals surface area contributed by atoms with Crippen molar-refractivity contribution in [3.63, 3.8) is 0 Å². The summed E-state index contributed by atoms with van der Waals surface area (Å²) in [5.41, 5.74) is 2.56. The number of hydrogen-bond acceptors (Lipinski definition) is 7. The number of anilines is 2. The zero-order valence-corrected chi connectivity index (χ0v) is 18.7. The lowest BCUT2D eigenvalue weighted by atomic mass is 10.0. The Morgan fingerprint density at radius 1 is 1.06 bits per heavy atom. The molecule has 2 heterocycles. The molecule has 0 unspecified atom stereocenters. The van der Waals surface area contributed by atoms with Gasteiger partial charge in [0.2, 0.25) is 0 Å². The van der Waals surface area contributed by atoms with Crippen LogP contribution in [0.25, 0.3) is 0 Å². The second-order valence-electron chi connectivity index (χ2n) is 8.72. The topological polar surface area (TPSA) is 76.0 Å². The number of benzene rings is 2. The molecule has 0 radical (unpaired) electrons. The fourth-order valence-electron chi connectivity index (χ4n) is 4.36. The van der Waals surface area contributed by atoms with Crippen LogP contribution in [0.2, 0.25) is 0 Å². The lowest BCUT2D eigenvalue weighted by Crippen LogP contribution is -2.34. The highest BCUT2D eigenvalue weighted by Gasteiger charge is 2.45. The van der Waals surface area contributed by atoms with Crippen LogP contribution in [0.4, 0.5) is 24.7 Å². The van der Waals surface area contributed by atoms with E-state index in [1.165, 1.54) is 12.1 Å². The Kier molecular flexibility index (Phi) is 5.96. The molecule has 0 bridgehead atoms. The van der Waals surface area contributed by atoms with Crippen molar-refractivity contribution in [2.45, 2.75) is 37.7 Å². The van der Waals surface area contributed by atoms with Crippen LogP contribution in [-0.2, 0) is 29.7 Å². The minimum absolute atomic E-state index is 0.119. The summed E-state index contributed by atoms with van der Waals surface area (Å²) in [6.45, 7) is 1.61. The van der Waals surface area contributed by atoms with Crippen LogP contribution < -0.4 is 15.0 Å². The molecule has 0 saturated heterocycles. The Morgan fingerprint density at radius 3 is 2.43 bits per heavy atom. The maximum Gasteiger partial charge on any atom is 0.416 e. The summed E-state index contributed by atoms with van der Waals surface area (Å²) in [5, 5.41) is 6.03. The molecular weight excluding hydrogens is 461 g/mol. The van der Waals surface area contributed by atoms with Gasteiger partial charge >= 0.3 is 6.18 Å². The fourth-order valence-corrected chi connectivity index (χ4v) is 4.36. The van der Waals surface area contributed by atoms with Crippen molar-refractivity contribution in [3.05, 3.63) is 88.0 Å². The van der Waals surface area contributed by atoms with Gasteiger partial charge in [0.1, 0.15) is 24.7 Å². The molecule has 1 aliphatic heterocycles. The number of halogens is 3. The Bertz CT molecular complexity index is 1200. The molecule has 35 heavy (non-hydrogen) atoms. The number of ether oxygens (including phenoxy) is 1. The van der Waals surface area contributed by atoms with E-state index in [-0.39, 0.29) is 12.1 Å². The van der Waals surface area contributed by atoms with Crippen molar-refractivity contribution >= 4 is 11.5 Å². The van der Waals surface area contributed by atoms with Gasteiger partial charge in [-0.3, -0.25) is 0 Å². The summed E-state index contributed by atoms with van der Waals surface area (Å²) in [6.07, 6.45) is -0.834. The summed E-state index contributed by atoms with van der Waals surface area (Å²) < 4.78 is 44.7. The van der Waals surface area contributed by atoms with Crippen molar-refractivity contribution < 1.29 is 22.7 Å². The van der Waals surface area contributed by atoms with Crippen molar-refractivity contribution in [2.75, 3.05) is 23.4 Å². The van der Waals surface area contributed by atoms with E-state index in [0.717, 1.165) is 47.4 Å². The lowest BCUT2D eigenvalue weighted by Gasteiger charge is -2.33. The molecule has 5 rings (SSSR count). The highest BCUT2D eigenvalue weighted by molar-refractivity contribution is 5.75. The maximum atomic E-state index is 12.9. The van der Waals surface area contributed by atoms with Crippen LogP contribution in [-0.4, -0.2) is 18.1 Å². The number of alkyl halides is 3. The van der Waals surface area contributed by atoms with E-state index in [1.54, 1.807) is 12.3 Å². The highest BCUT2D eigenvalue weighted by atomic mass is 19.4. The zero-order valence-electron chi connectivity index (χ0n) is 18.7. The summed E-state index contributed by atoms with van der Waals surface area (Å²) in [7, 11) is 0. The average molecular weight is 484 g/mol. The second-order valence-corrected chi connectivity index (χ2v) is 8.72. The van der Waals surface area contributed by atoms with E-state index >= 15 is 0 Å². The molecule has 182 valence electrons. The number of nitrogens with one attached hydrogen (secondary N) is 1. The molecular formula is C25H23F3N4O3. The van der Waals surface area contributed by atoms with Gasteiger partial charge in [-0.2, -0.15) is 13.2 Å². The number of aromatic nitrogens is 1. The van der Waals surface area contributed by atoms with Gasteiger partial charge in [0.25, 0.3) is 0 Å². The molecule has 1 aromatic heterocycles. The molecule has 0 amide bonds. The minimum atomic E-state index is -4.36. The van der Waals surface area contributed by atoms with E-state index in [2.05, 4.69) is 25.4 Å². The van der Waals surface area contributed by atoms with E-state index in [4.69, 9.17) is 4.74 Å².